The lowest BCUT2D eigenvalue weighted by Crippen LogP contribution is -2.13. The van der Waals surface area contributed by atoms with Gasteiger partial charge in [-0.15, -0.1) is 11.3 Å². The Kier molecular flexibility index (Phi) is 9.22. The molecule has 0 aliphatic carbocycles. The fourth-order valence-electron chi connectivity index (χ4n) is 5.64. The minimum Gasteiger partial charge on any atom is -0.493 e. The standard InChI is InChI=1S/C39H34O6S/c1-41-33-22-29(23-34(42-2)39(33)44-4)31-21-28(18-19-32(31)45-24-37(40)43-3)26-14-16-27(17-15-26)38-30-12-8-9-13-35(30)46-36(38)20-25-10-6-5-7-11-25/h5-19,21-23H,20,24H2,1-4H3. The molecule has 6 nitrogen and oxygen atoms in total. The van der Waals surface area contributed by atoms with Crippen molar-refractivity contribution in [2.45, 2.75) is 6.42 Å². The van der Waals surface area contributed by atoms with Crippen LogP contribution in [0.25, 0.3) is 43.5 Å². The molecule has 0 radical (unpaired) electrons. The van der Waals surface area contributed by atoms with Crippen LogP contribution in [0.2, 0.25) is 0 Å². The molecule has 0 aliphatic rings. The van der Waals surface area contributed by atoms with Crippen molar-refractivity contribution < 1.29 is 28.5 Å². The van der Waals surface area contributed by atoms with Gasteiger partial charge in [0.05, 0.1) is 28.4 Å². The van der Waals surface area contributed by atoms with Crippen molar-refractivity contribution in [2.75, 3.05) is 35.0 Å². The Morgan fingerprint density at radius 3 is 1.96 bits per heavy atom. The summed E-state index contributed by atoms with van der Waals surface area (Å²) in [7, 11) is 6.06. The first kappa shape index (κ1) is 30.7. The van der Waals surface area contributed by atoms with Gasteiger partial charge in [0.1, 0.15) is 5.75 Å². The number of rotatable bonds is 11. The monoisotopic (exact) mass is 630 g/mol. The topological polar surface area (TPSA) is 63.2 Å². The maximum Gasteiger partial charge on any atom is 0.343 e. The first-order valence-electron chi connectivity index (χ1n) is 14.8. The lowest BCUT2D eigenvalue weighted by atomic mass is 9.94. The van der Waals surface area contributed by atoms with Gasteiger partial charge in [-0.1, -0.05) is 78.9 Å². The summed E-state index contributed by atoms with van der Waals surface area (Å²) in [5.74, 6) is 1.57. The fraction of sp³-hybridized carbons (Fsp3) is 0.154. The molecule has 6 aromatic rings. The highest BCUT2D eigenvalue weighted by Crippen LogP contribution is 2.45. The van der Waals surface area contributed by atoms with Crippen LogP contribution in [0.3, 0.4) is 0 Å². The van der Waals surface area contributed by atoms with E-state index in [4.69, 9.17) is 23.7 Å². The molecule has 5 aromatic carbocycles. The van der Waals surface area contributed by atoms with E-state index in [0.29, 0.717) is 23.0 Å². The van der Waals surface area contributed by atoms with Crippen molar-refractivity contribution in [3.05, 3.63) is 120 Å². The molecule has 0 spiro atoms. The molecule has 0 amide bonds. The molecule has 0 bridgehead atoms. The Balaban J connectivity index is 1.41. The van der Waals surface area contributed by atoms with E-state index >= 15 is 0 Å². The summed E-state index contributed by atoms with van der Waals surface area (Å²) in [5.41, 5.74) is 7.32. The molecule has 1 heterocycles. The van der Waals surface area contributed by atoms with Crippen molar-refractivity contribution in [1.82, 2.24) is 0 Å². The summed E-state index contributed by atoms with van der Waals surface area (Å²) in [4.78, 5) is 13.3. The quantitative estimate of drug-likeness (QED) is 0.133. The Morgan fingerprint density at radius 2 is 1.28 bits per heavy atom. The average Bonchev–Trinajstić information content (AvgIpc) is 3.47. The van der Waals surface area contributed by atoms with Gasteiger partial charge in [0.25, 0.3) is 0 Å². The van der Waals surface area contributed by atoms with Crippen LogP contribution in [0.5, 0.6) is 23.0 Å². The van der Waals surface area contributed by atoms with Gasteiger partial charge in [-0.3, -0.25) is 0 Å². The predicted octanol–water partition coefficient (Wildman–Crippen LogP) is 9.07. The molecule has 0 fully saturated rings. The normalized spacial score (nSPS) is 10.9. The molecule has 46 heavy (non-hydrogen) atoms. The van der Waals surface area contributed by atoms with Gasteiger partial charge in [0.15, 0.2) is 18.1 Å². The van der Waals surface area contributed by atoms with E-state index in [0.717, 1.165) is 28.7 Å². The Hall–Kier alpha value is -5.27. The Labute approximate surface area is 272 Å². The molecule has 0 saturated carbocycles. The molecule has 0 aliphatic heterocycles. The van der Waals surface area contributed by atoms with Crippen molar-refractivity contribution in [3.8, 4) is 56.4 Å². The first-order chi connectivity index (χ1) is 22.5. The smallest absolute Gasteiger partial charge is 0.343 e. The van der Waals surface area contributed by atoms with Crippen LogP contribution in [0.1, 0.15) is 10.4 Å². The van der Waals surface area contributed by atoms with Crippen molar-refractivity contribution in [1.29, 1.82) is 0 Å². The molecule has 6 rings (SSSR count). The number of carbonyl (C=O) groups is 1. The summed E-state index contributed by atoms with van der Waals surface area (Å²) in [5, 5.41) is 1.27. The van der Waals surface area contributed by atoms with Crippen molar-refractivity contribution in [3.63, 3.8) is 0 Å². The van der Waals surface area contributed by atoms with Crippen LogP contribution >= 0.6 is 11.3 Å². The summed E-state index contributed by atoms with van der Waals surface area (Å²) in [6.45, 7) is -0.220. The third-order valence-corrected chi connectivity index (χ3v) is 9.08. The number of hydrogen-bond donors (Lipinski definition) is 0. The van der Waals surface area contributed by atoms with Crippen LogP contribution in [-0.4, -0.2) is 41.0 Å². The lowest BCUT2D eigenvalue weighted by Gasteiger charge is -2.17. The van der Waals surface area contributed by atoms with Gasteiger partial charge in [0, 0.05) is 32.5 Å². The van der Waals surface area contributed by atoms with Gasteiger partial charge < -0.3 is 23.7 Å². The average molecular weight is 631 g/mol. The van der Waals surface area contributed by atoms with E-state index < -0.39 is 5.97 Å². The highest BCUT2D eigenvalue weighted by Gasteiger charge is 2.19. The summed E-state index contributed by atoms with van der Waals surface area (Å²) in [6, 6.07) is 37.5. The van der Waals surface area contributed by atoms with Gasteiger partial charge in [0.2, 0.25) is 5.75 Å². The number of carbonyl (C=O) groups excluding carboxylic acids is 1. The molecule has 0 saturated heterocycles. The Bertz CT molecular complexity index is 1950. The van der Waals surface area contributed by atoms with E-state index in [1.165, 1.54) is 38.8 Å². The van der Waals surface area contributed by atoms with Crippen LogP contribution in [0.15, 0.2) is 109 Å². The molecule has 0 atom stereocenters. The van der Waals surface area contributed by atoms with Crippen LogP contribution in [0, 0.1) is 0 Å². The second kappa shape index (κ2) is 13.8. The van der Waals surface area contributed by atoms with Crippen LogP contribution in [0.4, 0.5) is 0 Å². The Morgan fingerprint density at radius 1 is 0.630 bits per heavy atom. The van der Waals surface area contributed by atoms with Crippen molar-refractivity contribution in [2.24, 2.45) is 0 Å². The van der Waals surface area contributed by atoms with E-state index in [1.54, 1.807) is 21.3 Å². The number of benzene rings is 5. The van der Waals surface area contributed by atoms with E-state index in [-0.39, 0.29) is 6.61 Å². The SMILES string of the molecule is COC(=O)COc1ccc(-c2ccc(-c3c(Cc4ccccc4)sc4ccccc34)cc2)cc1-c1cc(OC)c(OC)c(OC)c1. The first-order valence-corrected chi connectivity index (χ1v) is 15.6. The second-order valence-electron chi connectivity index (χ2n) is 10.6. The maximum absolute atomic E-state index is 11.9. The number of methoxy groups -OCH3 is 4. The van der Waals surface area contributed by atoms with Crippen LogP contribution < -0.4 is 18.9 Å². The summed E-state index contributed by atoms with van der Waals surface area (Å²) >= 11 is 1.86. The van der Waals surface area contributed by atoms with E-state index in [1.807, 2.05) is 41.7 Å². The molecule has 1 aromatic heterocycles. The predicted molar refractivity (Wildman–Crippen MR) is 185 cm³/mol. The number of thiophene rings is 1. The highest BCUT2D eigenvalue weighted by atomic mass is 32.1. The second-order valence-corrected chi connectivity index (χ2v) is 11.8. The summed E-state index contributed by atoms with van der Waals surface area (Å²) < 4.78 is 28.8. The van der Waals surface area contributed by atoms with Gasteiger partial charge >= 0.3 is 5.97 Å². The largest absolute Gasteiger partial charge is 0.493 e. The number of esters is 1. The van der Waals surface area contributed by atoms with Crippen molar-refractivity contribution >= 4 is 27.4 Å². The third-order valence-electron chi connectivity index (χ3n) is 7.91. The molecular formula is C39H34O6S. The minimum absolute atomic E-state index is 0.220. The summed E-state index contributed by atoms with van der Waals surface area (Å²) in [6.07, 6.45) is 0.877. The zero-order valence-corrected chi connectivity index (χ0v) is 27.0. The number of ether oxygens (including phenoxy) is 5. The number of fused-ring (bicyclic) bond motifs is 1. The zero-order valence-electron chi connectivity index (χ0n) is 26.2. The maximum atomic E-state index is 11.9. The number of hydrogen-bond acceptors (Lipinski definition) is 7. The minimum atomic E-state index is -0.469. The van der Waals surface area contributed by atoms with Gasteiger partial charge in [-0.25, -0.2) is 4.79 Å². The molecule has 7 heteroatoms. The molecule has 232 valence electrons. The lowest BCUT2D eigenvalue weighted by molar-refractivity contribution is -0.142. The van der Waals surface area contributed by atoms with Gasteiger partial charge in [-0.05, 0) is 58.1 Å². The molecule has 0 N–H and O–H groups in total. The fourth-order valence-corrected chi connectivity index (χ4v) is 6.90. The third kappa shape index (κ3) is 6.28. The molecule has 0 unspecified atom stereocenters. The molecular weight excluding hydrogens is 596 g/mol. The van der Waals surface area contributed by atoms with Crippen LogP contribution in [-0.2, 0) is 16.0 Å². The zero-order chi connectivity index (χ0) is 32.0. The van der Waals surface area contributed by atoms with E-state index in [9.17, 15) is 4.79 Å². The highest BCUT2D eigenvalue weighted by molar-refractivity contribution is 7.19. The van der Waals surface area contributed by atoms with E-state index in [2.05, 4.69) is 78.9 Å². The van der Waals surface area contributed by atoms with Gasteiger partial charge in [-0.2, -0.15) is 0 Å².